The Morgan fingerprint density at radius 2 is 1.83 bits per heavy atom. The molecule has 1 heterocycles. The minimum atomic E-state index is -0.665. The number of para-hydroxylation sites is 1. The molecule has 2 aromatic rings. The minimum Gasteiger partial charge on any atom is -0.340 e. The smallest absolute Gasteiger partial charge is 0.338 e. The number of hydrogen-bond acceptors (Lipinski definition) is 4. The highest BCUT2D eigenvalue weighted by Crippen LogP contribution is 2.18. The second kappa shape index (κ2) is 7.69. The Bertz CT molecular complexity index is 676. The van der Waals surface area contributed by atoms with Crippen molar-refractivity contribution in [3.63, 3.8) is 0 Å². The summed E-state index contributed by atoms with van der Waals surface area (Å²) in [6.07, 6.45) is 2.09. The van der Waals surface area contributed by atoms with Gasteiger partial charge in [0.15, 0.2) is 0 Å². The number of carbonyl (C=O) groups is 3. The van der Waals surface area contributed by atoms with E-state index in [0.717, 1.165) is 9.80 Å². The van der Waals surface area contributed by atoms with Crippen LogP contribution in [-0.4, -0.2) is 36.9 Å². The summed E-state index contributed by atoms with van der Waals surface area (Å²) in [5.41, 5.74) is 0.392. The molecule has 0 aliphatic carbocycles. The van der Waals surface area contributed by atoms with Gasteiger partial charge >= 0.3 is 12.1 Å². The van der Waals surface area contributed by atoms with Crippen LogP contribution in [0.4, 0.5) is 21.1 Å². The number of hydrogen-bond donors (Lipinski definition) is 1. The molecule has 0 saturated carbocycles. The molecule has 2 rings (SSSR count). The Kier molecular flexibility index (Phi) is 5.40. The lowest BCUT2D eigenvalue weighted by atomic mass is 10.3. The molecular weight excluding hydrogens is 296 g/mol. The molecule has 1 aromatic heterocycles. The van der Waals surface area contributed by atoms with Crippen molar-refractivity contribution in [2.75, 3.05) is 23.4 Å². The van der Waals surface area contributed by atoms with Crippen LogP contribution in [-0.2, 0) is 4.79 Å². The monoisotopic (exact) mass is 312 g/mol. The standard InChI is InChI=1S/C16H16N4O3/c1-17-15(22)20(13-7-3-2-4-8-13)16(23)19(11-12-21)14-9-5-6-10-18-14/h2-10,12H,11H2,1H3,(H,17,22). The van der Waals surface area contributed by atoms with Gasteiger partial charge < -0.3 is 10.1 Å². The van der Waals surface area contributed by atoms with Crippen molar-refractivity contribution in [1.29, 1.82) is 0 Å². The zero-order chi connectivity index (χ0) is 16.7. The predicted molar refractivity (Wildman–Crippen MR) is 86.4 cm³/mol. The number of amides is 4. The van der Waals surface area contributed by atoms with Gasteiger partial charge in [-0.1, -0.05) is 24.3 Å². The first-order valence-electron chi connectivity index (χ1n) is 6.92. The van der Waals surface area contributed by atoms with Crippen molar-refractivity contribution in [2.45, 2.75) is 0 Å². The number of aldehydes is 1. The van der Waals surface area contributed by atoms with E-state index in [4.69, 9.17) is 0 Å². The van der Waals surface area contributed by atoms with Crippen molar-refractivity contribution in [1.82, 2.24) is 10.3 Å². The number of benzene rings is 1. The number of urea groups is 2. The fourth-order valence-electron chi connectivity index (χ4n) is 1.98. The summed E-state index contributed by atoms with van der Waals surface area (Å²) < 4.78 is 0. The molecule has 7 nitrogen and oxygen atoms in total. The summed E-state index contributed by atoms with van der Waals surface area (Å²) in [6, 6.07) is 12.2. The topological polar surface area (TPSA) is 82.6 Å². The summed E-state index contributed by atoms with van der Waals surface area (Å²) in [7, 11) is 1.43. The van der Waals surface area contributed by atoms with Crippen molar-refractivity contribution in [2.24, 2.45) is 0 Å². The maximum atomic E-state index is 12.8. The zero-order valence-electron chi connectivity index (χ0n) is 12.5. The lowest BCUT2D eigenvalue weighted by Gasteiger charge is -2.27. The SMILES string of the molecule is CNC(=O)N(C(=O)N(CC=O)c1ccccn1)c1ccccc1. The summed E-state index contributed by atoms with van der Waals surface area (Å²) in [4.78, 5) is 42.1. The molecular formula is C16H16N4O3. The van der Waals surface area contributed by atoms with Gasteiger partial charge in [0, 0.05) is 13.2 Å². The van der Waals surface area contributed by atoms with Crippen LogP contribution in [0, 0.1) is 0 Å². The summed E-state index contributed by atoms with van der Waals surface area (Å²) in [6.45, 7) is -0.212. The van der Waals surface area contributed by atoms with Crippen LogP contribution in [0.2, 0.25) is 0 Å². The van der Waals surface area contributed by atoms with Crippen molar-refractivity contribution in [3.05, 3.63) is 54.7 Å². The maximum Gasteiger partial charge on any atom is 0.338 e. The number of nitrogens with one attached hydrogen (secondary N) is 1. The molecule has 0 aliphatic heterocycles. The average molecular weight is 312 g/mol. The van der Waals surface area contributed by atoms with Gasteiger partial charge in [0.25, 0.3) is 0 Å². The van der Waals surface area contributed by atoms with Gasteiger partial charge in [-0.05, 0) is 24.3 Å². The predicted octanol–water partition coefficient (Wildman–Crippen LogP) is 2.05. The van der Waals surface area contributed by atoms with Gasteiger partial charge in [-0.15, -0.1) is 0 Å². The number of carbonyl (C=O) groups excluding carboxylic acids is 3. The van der Waals surface area contributed by atoms with Crippen molar-refractivity contribution >= 4 is 29.9 Å². The Balaban J connectivity index is 2.42. The number of aromatic nitrogens is 1. The van der Waals surface area contributed by atoms with Gasteiger partial charge in [-0.2, -0.15) is 0 Å². The van der Waals surface area contributed by atoms with E-state index in [1.807, 2.05) is 0 Å². The van der Waals surface area contributed by atoms with E-state index < -0.39 is 12.1 Å². The Labute approximate surface area is 133 Å². The van der Waals surface area contributed by atoms with Crippen LogP contribution in [0.1, 0.15) is 0 Å². The molecule has 0 atom stereocenters. The van der Waals surface area contributed by atoms with Crippen molar-refractivity contribution in [3.8, 4) is 0 Å². The van der Waals surface area contributed by atoms with E-state index in [2.05, 4.69) is 10.3 Å². The normalized spacial score (nSPS) is 9.78. The molecule has 4 amide bonds. The van der Waals surface area contributed by atoms with Crippen LogP contribution < -0.4 is 15.1 Å². The fraction of sp³-hybridized carbons (Fsp3) is 0.125. The van der Waals surface area contributed by atoms with Gasteiger partial charge in [0.2, 0.25) is 0 Å². The third-order valence-corrected chi connectivity index (χ3v) is 3.04. The van der Waals surface area contributed by atoms with E-state index >= 15 is 0 Å². The third kappa shape index (κ3) is 3.70. The van der Waals surface area contributed by atoms with Gasteiger partial charge in [0.05, 0.1) is 12.2 Å². The molecule has 0 spiro atoms. The summed E-state index contributed by atoms with van der Waals surface area (Å²) >= 11 is 0. The highest BCUT2D eigenvalue weighted by atomic mass is 16.2. The van der Waals surface area contributed by atoms with E-state index in [9.17, 15) is 14.4 Å². The lowest BCUT2D eigenvalue weighted by molar-refractivity contribution is -0.106. The van der Waals surface area contributed by atoms with Crippen molar-refractivity contribution < 1.29 is 14.4 Å². The molecule has 0 radical (unpaired) electrons. The zero-order valence-corrected chi connectivity index (χ0v) is 12.5. The molecule has 7 heteroatoms. The number of imide groups is 1. The van der Waals surface area contributed by atoms with Crippen LogP contribution in [0.3, 0.4) is 0 Å². The molecule has 118 valence electrons. The molecule has 0 unspecified atom stereocenters. The average Bonchev–Trinajstić information content (AvgIpc) is 2.61. The Hall–Kier alpha value is -3.22. The largest absolute Gasteiger partial charge is 0.340 e. The van der Waals surface area contributed by atoms with Crippen LogP contribution in [0.5, 0.6) is 0 Å². The molecule has 1 N–H and O–H groups in total. The first-order chi connectivity index (χ1) is 11.2. The second-order valence-corrected chi connectivity index (χ2v) is 4.47. The Morgan fingerprint density at radius 1 is 1.13 bits per heavy atom. The highest BCUT2D eigenvalue weighted by Gasteiger charge is 2.28. The van der Waals surface area contributed by atoms with Gasteiger partial charge in [0.1, 0.15) is 12.1 Å². The number of anilines is 2. The van der Waals surface area contributed by atoms with Crippen LogP contribution >= 0.6 is 0 Å². The Morgan fingerprint density at radius 3 is 2.39 bits per heavy atom. The van der Waals surface area contributed by atoms with Crippen LogP contribution in [0.15, 0.2) is 54.7 Å². The maximum absolute atomic E-state index is 12.8. The molecule has 0 aliphatic rings. The molecule has 1 aromatic carbocycles. The first-order valence-corrected chi connectivity index (χ1v) is 6.92. The highest BCUT2D eigenvalue weighted by molar-refractivity contribution is 6.19. The minimum absolute atomic E-state index is 0.212. The summed E-state index contributed by atoms with van der Waals surface area (Å²) in [5.74, 6) is 0.287. The van der Waals surface area contributed by atoms with E-state index in [-0.39, 0.29) is 12.4 Å². The molecule has 0 saturated heterocycles. The van der Waals surface area contributed by atoms with Gasteiger partial charge in [-0.25, -0.2) is 19.5 Å². The quantitative estimate of drug-likeness (QED) is 0.876. The summed E-state index contributed by atoms with van der Waals surface area (Å²) in [5, 5.41) is 2.42. The molecule has 0 bridgehead atoms. The molecule has 0 fully saturated rings. The van der Waals surface area contributed by atoms with E-state index in [1.54, 1.807) is 48.5 Å². The number of rotatable bonds is 4. The third-order valence-electron chi connectivity index (χ3n) is 3.04. The fourth-order valence-corrected chi connectivity index (χ4v) is 1.98. The first kappa shape index (κ1) is 16.2. The van der Waals surface area contributed by atoms with E-state index in [0.29, 0.717) is 12.0 Å². The van der Waals surface area contributed by atoms with Crippen LogP contribution in [0.25, 0.3) is 0 Å². The second-order valence-electron chi connectivity index (χ2n) is 4.47. The molecule has 23 heavy (non-hydrogen) atoms. The number of pyridine rings is 1. The lowest BCUT2D eigenvalue weighted by Crippen LogP contribution is -2.50. The van der Waals surface area contributed by atoms with E-state index in [1.165, 1.54) is 13.2 Å². The van der Waals surface area contributed by atoms with Gasteiger partial charge in [-0.3, -0.25) is 4.90 Å². The number of nitrogens with zero attached hydrogens (tertiary/aromatic N) is 3.